The van der Waals surface area contributed by atoms with Gasteiger partial charge >= 0.3 is 29.8 Å². The summed E-state index contributed by atoms with van der Waals surface area (Å²) in [5.74, 6) is -17.7. The quantitative estimate of drug-likeness (QED) is 0.0279. The van der Waals surface area contributed by atoms with E-state index >= 15 is 0 Å². The van der Waals surface area contributed by atoms with Crippen LogP contribution in [0.25, 0.3) is 0 Å². The topological polar surface area (TPSA) is 679 Å². The highest BCUT2D eigenvalue weighted by atomic mass is 16.4. The molecule has 2 aromatic carbocycles. The molecule has 11 atom stereocenters. The van der Waals surface area contributed by atoms with Crippen LogP contribution in [0.4, 0.5) is 0 Å². The second kappa shape index (κ2) is 52.0. The van der Waals surface area contributed by atoms with Gasteiger partial charge in [-0.05, 0) is 94.6 Å². The lowest BCUT2D eigenvalue weighted by molar-refractivity contribution is -0.141. The second-order valence-electron chi connectivity index (χ2n) is 31.1. The molecule has 0 spiro atoms. The summed E-state index contributed by atoms with van der Waals surface area (Å²) in [6.45, 7) is -2.46. The van der Waals surface area contributed by atoms with Crippen molar-refractivity contribution in [1.29, 1.82) is 0 Å². The fraction of sp³-hybridized carbons (Fsp3) is 0.595. The number of amides is 13. The van der Waals surface area contributed by atoms with Crippen LogP contribution in [0.5, 0.6) is 0 Å². The number of benzene rings is 2. The Morgan fingerprint density at radius 3 is 1.10 bits per heavy atom. The number of nitrogens with two attached hydrogens (primary N) is 2. The molecule has 46 heteroatoms. The molecule has 13 amide bonds. The fourth-order valence-corrected chi connectivity index (χ4v) is 14.5. The first-order valence-corrected chi connectivity index (χ1v) is 41.7. The number of nitrogens with zero attached hydrogens (tertiary/aromatic N) is 6. The molecule has 7 rings (SSSR count). The van der Waals surface area contributed by atoms with Gasteiger partial charge in [-0.1, -0.05) is 60.7 Å². The van der Waals surface area contributed by atoms with Crippen LogP contribution in [0.15, 0.2) is 70.6 Å². The van der Waals surface area contributed by atoms with E-state index in [1.54, 1.807) is 80.3 Å². The molecular formula is C79H117N23O23. The van der Waals surface area contributed by atoms with Gasteiger partial charge in [-0.25, -0.2) is 0 Å². The molecule has 2 unspecified atom stereocenters. The van der Waals surface area contributed by atoms with Crippen molar-refractivity contribution in [2.45, 2.75) is 182 Å². The summed E-state index contributed by atoms with van der Waals surface area (Å²) in [4.78, 5) is 259. The summed E-state index contributed by atoms with van der Waals surface area (Å²) in [7, 11) is 0. The summed E-state index contributed by atoms with van der Waals surface area (Å²) in [5.41, 5.74) is 12.9. The SMILES string of the molecule is NC1=NCCC(CC[C@@H]2NC(=O)[C@H](CCCCNC(=O)CC[C@H](NC(=O)CN3CCN(CC(=O)O)CCN(CC(=O)O)CCN(CC(=O)O)CC3)C(=O)NCCCC[C@H]3NC(=O)[C@H](Cc4ccccc4)NC(=O)[C@H](CC(=O)O)NC(=O)CNC(=O)[C@H](CCC4CCN=C(N)N4)NC3=O)NC(=O)[C@H](Cc3ccccc3)NC(=O)[C@H](CC(=O)O)NC(=O)CNC2=O)N1. The van der Waals surface area contributed by atoms with Crippen LogP contribution >= 0.6 is 0 Å². The van der Waals surface area contributed by atoms with Crippen LogP contribution < -0.4 is 91.2 Å². The van der Waals surface area contributed by atoms with E-state index in [2.05, 4.69) is 89.7 Å². The van der Waals surface area contributed by atoms with E-state index in [0.29, 0.717) is 37.1 Å². The number of unbranched alkanes of at least 4 members (excludes halogenated alkanes) is 2. The first-order chi connectivity index (χ1) is 59.7. The molecule has 0 radical (unpaired) electrons. The molecule has 125 heavy (non-hydrogen) atoms. The number of carbonyl (C=O) groups excluding carboxylic acids is 13. The normalized spacial score (nSPS) is 23.5. The average molecular weight is 1760 g/mol. The standard InChI is InChI=1S/C79H117N23O23/c80-78-84-27-23-49(88-78)17-19-54-70(118)86-41-61(104)91-58(39-64(107)108)76(124)97-56(37-47-11-3-1-4-12-47)74(122)93-51(72(120)95-54)15-7-9-25-82-60(103)22-21-53(90-63(106)43-99-29-31-100(44-66(111)112)33-35-102(46-68(115)116)36-34-101(32-30-99)45-67(113)114)69(117)83-26-10-8-16-52-73(121)96-55(20-18-50-24-28-85-79(81)89-50)71(119)87-42-62(105)92-59(40-65(109)110)77(125)98-57(75(123)94-52)38-48-13-5-2-6-14-48/h1-6,11-14,49-59H,7-10,15-46H2,(H,82,103)(H,83,117)(H,86,118)(H,87,119)(H,90,106)(H,91,104)(H,92,105)(H,93,122)(H,94,123)(H,95,120)(H,96,121)(H,97,124)(H,98,125)(H,107,108)(H,109,110)(H,111,112)(H,113,114)(H,115,116)(H3,80,84,88)(H3,81,85,89)/t49?,50?,51-,52+,53-,54-,55-,56-,57-,58-,59-/m0/s1. The van der Waals surface area contributed by atoms with Crippen LogP contribution in [0.3, 0.4) is 0 Å². The molecule has 5 aliphatic heterocycles. The molecule has 46 nitrogen and oxygen atoms in total. The van der Waals surface area contributed by atoms with Crippen LogP contribution in [-0.2, 0) is 99.1 Å². The highest BCUT2D eigenvalue weighted by Crippen LogP contribution is 2.17. The Morgan fingerprint density at radius 1 is 0.384 bits per heavy atom. The molecule has 0 saturated carbocycles. The number of nitrogens with one attached hydrogen (secondary N) is 15. The van der Waals surface area contributed by atoms with Gasteiger partial charge in [0.2, 0.25) is 76.8 Å². The third-order valence-electron chi connectivity index (χ3n) is 21.2. The zero-order chi connectivity index (χ0) is 90.9. The van der Waals surface area contributed by atoms with Crippen LogP contribution in [0.2, 0.25) is 0 Å². The number of carbonyl (C=O) groups is 18. The van der Waals surface area contributed by atoms with Gasteiger partial charge in [0.15, 0.2) is 11.9 Å². The predicted octanol–water partition coefficient (Wildman–Crippen LogP) is -8.21. The minimum Gasteiger partial charge on any atom is -0.481 e. The minimum atomic E-state index is -1.74. The second-order valence-corrected chi connectivity index (χ2v) is 31.1. The molecule has 3 fully saturated rings. The van der Waals surface area contributed by atoms with Crippen LogP contribution in [-0.4, -0.2) is 348 Å². The van der Waals surface area contributed by atoms with Crippen molar-refractivity contribution in [1.82, 2.24) is 99.4 Å². The molecule has 5 heterocycles. The summed E-state index contributed by atoms with van der Waals surface area (Å²) in [6, 6.07) is 2.57. The maximum atomic E-state index is 14.7. The number of guanidine groups is 2. The Labute approximate surface area is 720 Å². The maximum Gasteiger partial charge on any atom is 0.317 e. The number of hydrogen-bond donors (Lipinski definition) is 22. The average Bonchev–Trinajstić information content (AvgIpc) is 1.84. The zero-order valence-electron chi connectivity index (χ0n) is 69.5. The first kappa shape index (κ1) is 99.4. The largest absolute Gasteiger partial charge is 0.481 e. The zero-order valence-corrected chi connectivity index (χ0v) is 69.5. The molecule has 5 aliphatic rings. The Bertz CT molecular complexity index is 4120. The third-order valence-corrected chi connectivity index (χ3v) is 21.2. The van der Waals surface area contributed by atoms with Gasteiger partial charge in [-0.3, -0.25) is 116 Å². The Hall–Kier alpha value is -12.7. The summed E-state index contributed by atoms with van der Waals surface area (Å²) < 4.78 is 0. The van der Waals surface area contributed by atoms with Gasteiger partial charge in [-0.15, -0.1) is 0 Å². The minimum absolute atomic E-state index is 0.00945. The third kappa shape index (κ3) is 37.5. The summed E-state index contributed by atoms with van der Waals surface area (Å²) in [6.07, 6.45) is -1.63. The number of aliphatic imine (C=N–C) groups is 2. The molecular weight excluding hydrogens is 1640 g/mol. The lowest BCUT2D eigenvalue weighted by Gasteiger charge is -2.33. The Morgan fingerprint density at radius 2 is 0.728 bits per heavy atom. The molecule has 686 valence electrons. The number of rotatable bonds is 37. The number of aliphatic carboxylic acids is 5. The van der Waals surface area contributed by atoms with Gasteiger partial charge in [0.25, 0.3) is 0 Å². The van der Waals surface area contributed by atoms with Crippen LogP contribution in [0.1, 0.15) is 114 Å². The van der Waals surface area contributed by atoms with E-state index in [4.69, 9.17) is 11.5 Å². The van der Waals surface area contributed by atoms with Crippen LogP contribution in [0, 0.1) is 0 Å². The van der Waals surface area contributed by atoms with Crippen molar-refractivity contribution in [3.05, 3.63) is 71.8 Å². The molecule has 0 aliphatic carbocycles. The summed E-state index contributed by atoms with van der Waals surface area (Å²) in [5, 5.41) is 88.6. The van der Waals surface area contributed by atoms with E-state index in [0.717, 1.165) is 0 Å². The number of hydrogen-bond acceptors (Lipinski definition) is 28. The van der Waals surface area contributed by atoms with Gasteiger partial charge in [0.05, 0.1) is 52.1 Å². The van der Waals surface area contributed by atoms with Crippen molar-refractivity contribution in [3.63, 3.8) is 0 Å². The van der Waals surface area contributed by atoms with Crippen molar-refractivity contribution in [3.8, 4) is 0 Å². The lowest BCUT2D eigenvalue weighted by Crippen LogP contribution is -2.58. The van der Waals surface area contributed by atoms with E-state index in [-0.39, 0.29) is 173 Å². The maximum absolute atomic E-state index is 14.7. The summed E-state index contributed by atoms with van der Waals surface area (Å²) >= 11 is 0. The number of carboxylic acids is 5. The highest BCUT2D eigenvalue weighted by Gasteiger charge is 2.38. The van der Waals surface area contributed by atoms with E-state index in [1.807, 2.05) is 0 Å². The Kier molecular flexibility index (Phi) is 41.4. The van der Waals surface area contributed by atoms with Gasteiger partial charge in [0, 0.05) is 110 Å². The molecule has 0 bridgehead atoms. The smallest absolute Gasteiger partial charge is 0.317 e. The monoisotopic (exact) mass is 1760 g/mol. The van der Waals surface area contributed by atoms with Crippen molar-refractivity contribution in [2.24, 2.45) is 21.5 Å². The van der Waals surface area contributed by atoms with E-state index in [9.17, 15) is 112 Å². The fourth-order valence-electron chi connectivity index (χ4n) is 14.5. The molecule has 0 aromatic heterocycles. The van der Waals surface area contributed by atoms with Gasteiger partial charge in [-0.2, -0.15) is 0 Å². The molecule has 24 N–H and O–H groups in total. The van der Waals surface area contributed by atoms with Crippen molar-refractivity contribution >= 4 is 119 Å². The Balaban J connectivity index is 1.10. The van der Waals surface area contributed by atoms with Crippen molar-refractivity contribution in [2.75, 3.05) is 118 Å². The highest BCUT2D eigenvalue weighted by molar-refractivity contribution is 6.00. The van der Waals surface area contributed by atoms with E-state index < -0.39 is 220 Å². The van der Waals surface area contributed by atoms with E-state index in [1.165, 1.54) is 0 Å². The van der Waals surface area contributed by atoms with Crippen molar-refractivity contribution < 1.29 is 112 Å². The number of carboxylic acid groups (broad SMARTS) is 5. The lowest BCUT2D eigenvalue weighted by atomic mass is 10.0. The predicted molar refractivity (Wildman–Crippen MR) is 444 cm³/mol. The first-order valence-electron chi connectivity index (χ1n) is 41.7. The van der Waals surface area contributed by atoms with Gasteiger partial charge < -0.3 is 117 Å². The molecule has 3 saturated heterocycles. The molecule has 2 aromatic rings. The van der Waals surface area contributed by atoms with Gasteiger partial charge in [0.1, 0.15) is 54.4 Å².